The molecule has 0 saturated carbocycles. The van der Waals surface area contributed by atoms with Gasteiger partial charge in [-0.1, -0.05) is 29.4 Å². The lowest BCUT2D eigenvalue weighted by Gasteiger charge is -2.01. The highest BCUT2D eigenvalue weighted by Gasteiger charge is 2.01. The molecule has 17 heavy (non-hydrogen) atoms. The van der Waals surface area contributed by atoms with Crippen LogP contribution in [0.15, 0.2) is 34.9 Å². The zero-order valence-corrected chi connectivity index (χ0v) is 10.5. The molecule has 2 aromatic rings. The minimum Gasteiger partial charge on any atom is -0.392 e. The van der Waals surface area contributed by atoms with E-state index in [0.29, 0.717) is 0 Å². The Balaban J connectivity index is 1.81. The fourth-order valence-corrected chi connectivity index (χ4v) is 2.38. The Bertz CT molecular complexity index is 465. The quantitative estimate of drug-likeness (QED) is 0.885. The maximum Gasteiger partial charge on any atom is 0.133 e. The Morgan fingerprint density at radius 1 is 1.18 bits per heavy atom. The van der Waals surface area contributed by atoms with Crippen molar-refractivity contribution < 1.29 is 9.63 Å². The first-order chi connectivity index (χ1) is 8.28. The summed E-state index contributed by atoms with van der Waals surface area (Å²) < 4.78 is 5.01. The van der Waals surface area contributed by atoms with Crippen molar-refractivity contribution in [3.63, 3.8) is 0 Å². The summed E-state index contributed by atoms with van der Waals surface area (Å²) in [4.78, 5) is 0. The third-order valence-corrected chi connectivity index (χ3v) is 3.44. The lowest BCUT2D eigenvalue weighted by atomic mass is 10.2. The standard InChI is InChI=1S/C13H15NO2S/c1-10-6-13(14-16-10)9-17-8-12-4-2-11(7-15)3-5-12/h2-6,15H,7-9H2,1H3. The van der Waals surface area contributed by atoms with Crippen molar-refractivity contribution in [3.8, 4) is 0 Å². The van der Waals surface area contributed by atoms with Crippen molar-refractivity contribution >= 4 is 11.8 Å². The number of rotatable bonds is 5. The van der Waals surface area contributed by atoms with Gasteiger partial charge in [0.2, 0.25) is 0 Å². The Morgan fingerprint density at radius 3 is 2.47 bits per heavy atom. The van der Waals surface area contributed by atoms with Crippen LogP contribution in [0.3, 0.4) is 0 Å². The van der Waals surface area contributed by atoms with E-state index in [-0.39, 0.29) is 6.61 Å². The molecular formula is C13H15NO2S. The van der Waals surface area contributed by atoms with Gasteiger partial charge in [0.15, 0.2) is 0 Å². The highest BCUT2D eigenvalue weighted by atomic mass is 32.2. The van der Waals surface area contributed by atoms with Crippen LogP contribution in [-0.2, 0) is 18.1 Å². The number of nitrogens with zero attached hydrogens (tertiary/aromatic N) is 1. The van der Waals surface area contributed by atoms with E-state index in [4.69, 9.17) is 9.63 Å². The van der Waals surface area contributed by atoms with Crippen LogP contribution < -0.4 is 0 Å². The first-order valence-electron chi connectivity index (χ1n) is 5.46. The lowest BCUT2D eigenvalue weighted by Crippen LogP contribution is -1.86. The number of aliphatic hydroxyl groups excluding tert-OH is 1. The van der Waals surface area contributed by atoms with Crippen molar-refractivity contribution in [2.75, 3.05) is 0 Å². The predicted molar refractivity (Wildman–Crippen MR) is 68.6 cm³/mol. The fourth-order valence-electron chi connectivity index (χ4n) is 1.50. The summed E-state index contributed by atoms with van der Waals surface area (Å²) in [5.74, 6) is 2.66. The molecule has 0 bridgehead atoms. The third kappa shape index (κ3) is 3.61. The average Bonchev–Trinajstić information content (AvgIpc) is 2.76. The number of aliphatic hydroxyl groups is 1. The van der Waals surface area contributed by atoms with Crippen LogP contribution in [-0.4, -0.2) is 10.3 Å². The number of aromatic nitrogens is 1. The minimum absolute atomic E-state index is 0.103. The molecule has 0 unspecified atom stereocenters. The normalized spacial score (nSPS) is 10.7. The molecule has 3 nitrogen and oxygen atoms in total. The highest BCUT2D eigenvalue weighted by molar-refractivity contribution is 7.97. The van der Waals surface area contributed by atoms with Crippen LogP contribution in [0.5, 0.6) is 0 Å². The van der Waals surface area contributed by atoms with Crippen molar-refractivity contribution in [2.45, 2.75) is 25.0 Å². The van der Waals surface area contributed by atoms with E-state index in [2.05, 4.69) is 5.16 Å². The van der Waals surface area contributed by atoms with Crippen LogP contribution in [0.2, 0.25) is 0 Å². The second kappa shape index (κ2) is 5.89. The SMILES string of the molecule is Cc1cc(CSCc2ccc(CO)cc2)no1. The maximum atomic E-state index is 8.93. The molecule has 4 heteroatoms. The van der Waals surface area contributed by atoms with E-state index in [1.54, 1.807) is 11.8 Å². The summed E-state index contributed by atoms with van der Waals surface area (Å²) in [5, 5.41) is 12.9. The molecule has 2 rings (SSSR count). The summed E-state index contributed by atoms with van der Waals surface area (Å²) in [6.45, 7) is 2.00. The highest BCUT2D eigenvalue weighted by Crippen LogP contribution is 2.18. The van der Waals surface area contributed by atoms with E-state index >= 15 is 0 Å². The molecule has 1 N–H and O–H groups in total. The second-order valence-electron chi connectivity index (χ2n) is 3.90. The molecule has 1 aromatic carbocycles. The number of benzene rings is 1. The van der Waals surface area contributed by atoms with Gasteiger partial charge >= 0.3 is 0 Å². The monoisotopic (exact) mass is 249 g/mol. The van der Waals surface area contributed by atoms with Crippen LogP contribution in [0.4, 0.5) is 0 Å². The molecule has 0 saturated heterocycles. The van der Waals surface area contributed by atoms with Gasteiger partial charge in [0.1, 0.15) is 5.76 Å². The van der Waals surface area contributed by atoms with Gasteiger partial charge in [-0.3, -0.25) is 0 Å². The van der Waals surface area contributed by atoms with E-state index in [1.807, 2.05) is 37.3 Å². The number of hydrogen-bond acceptors (Lipinski definition) is 4. The Hall–Kier alpha value is -1.26. The van der Waals surface area contributed by atoms with Gasteiger partial charge in [-0.05, 0) is 18.1 Å². The molecule has 0 amide bonds. The molecule has 1 aromatic heterocycles. The summed E-state index contributed by atoms with van der Waals surface area (Å²) >= 11 is 1.80. The van der Waals surface area contributed by atoms with E-state index in [9.17, 15) is 0 Å². The summed E-state index contributed by atoms with van der Waals surface area (Å²) in [7, 11) is 0. The molecule has 0 spiro atoms. The lowest BCUT2D eigenvalue weighted by molar-refractivity contribution is 0.282. The maximum absolute atomic E-state index is 8.93. The molecule has 1 heterocycles. The molecule has 90 valence electrons. The van der Waals surface area contributed by atoms with E-state index in [1.165, 1.54) is 5.56 Å². The molecule has 0 aliphatic carbocycles. The smallest absolute Gasteiger partial charge is 0.133 e. The topological polar surface area (TPSA) is 46.3 Å². The van der Waals surface area contributed by atoms with Gasteiger partial charge < -0.3 is 9.63 Å². The van der Waals surface area contributed by atoms with Crippen molar-refractivity contribution in [1.29, 1.82) is 0 Å². The predicted octanol–water partition coefficient (Wildman–Crippen LogP) is 2.91. The molecule has 0 atom stereocenters. The number of thioether (sulfide) groups is 1. The molecule has 0 aliphatic heterocycles. The third-order valence-electron chi connectivity index (χ3n) is 2.40. The van der Waals surface area contributed by atoms with E-state index in [0.717, 1.165) is 28.5 Å². The number of aryl methyl sites for hydroxylation is 1. The van der Waals surface area contributed by atoms with Gasteiger partial charge in [0, 0.05) is 17.6 Å². The molecule has 0 fully saturated rings. The average molecular weight is 249 g/mol. The van der Waals surface area contributed by atoms with E-state index < -0.39 is 0 Å². The van der Waals surface area contributed by atoms with Gasteiger partial charge in [0.05, 0.1) is 12.3 Å². The summed E-state index contributed by atoms with van der Waals surface area (Å²) in [6, 6.07) is 9.97. The van der Waals surface area contributed by atoms with Gasteiger partial charge in [0.25, 0.3) is 0 Å². The van der Waals surface area contributed by atoms with Crippen molar-refractivity contribution in [2.24, 2.45) is 0 Å². The van der Waals surface area contributed by atoms with Gasteiger partial charge in [-0.2, -0.15) is 11.8 Å². The van der Waals surface area contributed by atoms with Crippen LogP contribution in [0.1, 0.15) is 22.6 Å². The zero-order chi connectivity index (χ0) is 12.1. The van der Waals surface area contributed by atoms with Crippen molar-refractivity contribution in [3.05, 3.63) is 52.9 Å². The Kier molecular flexibility index (Phi) is 4.23. The van der Waals surface area contributed by atoms with Crippen LogP contribution in [0.25, 0.3) is 0 Å². The Labute approximate surface area is 105 Å². The van der Waals surface area contributed by atoms with Gasteiger partial charge in [-0.15, -0.1) is 0 Å². The fraction of sp³-hybridized carbons (Fsp3) is 0.308. The molecule has 0 aliphatic rings. The number of hydrogen-bond donors (Lipinski definition) is 1. The molecule has 0 radical (unpaired) electrons. The molecular weight excluding hydrogens is 234 g/mol. The van der Waals surface area contributed by atoms with Crippen LogP contribution >= 0.6 is 11.8 Å². The first kappa shape index (κ1) is 12.2. The summed E-state index contributed by atoms with van der Waals surface area (Å²) in [6.07, 6.45) is 0. The second-order valence-corrected chi connectivity index (χ2v) is 4.88. The van der Waals surface area contributed by atoms with Gasteiger partial charge in [-0.25, -0.2) is 0 Å². The Morgan fingerprint density at radius 2 is 1.88 bits per heavy atom. The van der Waals surface area contributed by atoms with Crippen molar-refractivity contribution in [1.82, 2.24) is 5.16 Å². The largest absolute Gasteiger partial charge is 0.392 e. The zero-order valence-electron chi connectivity index (χ0n) is 9.72. The summed E-state index contributed by atoms with van der Waals surface area (Å²) in [5.41, 5.74) is 3.19. The minimum atomic E-state index is 0.103. The first-order valence-corrected chi connectivity index (χ1v) is 6.62. The van der Waals surface area contributed by atoms with Crippen LogP contribution in [0, 0.1) is 6.92 Å².